The highest BCUT2D eigenvalue weighted by atomic mass is 16.5. The van der Waals surface area contributed by atoms with Crippen LogP contribution in [0.15, 0.2) is 0 Å². The lowest BCUT2D eigenvalue weighted by Gasteiger charge is -2.19. The first-order chi connectivity index (χ1) is 11.1. The largest absolute Gasteiger partial charge is 0.466 e. The summed E-state index contributed by atoms with van der Waals surface area (Å²) in [5.41, 5.74) is 0. The van der Waals surface area contributed by atoms with Crippen molar-refractivity contribution in [2.45, 2.75) is 97.0 Å². The summed E-state index contributed by atoms with van der Waals surface area (Å²) >= 11 is 0. The molecule has 1 fully saturated rings. The minimum absolute atomic E-state index is 0.0239. The van der Waals surface area contributed by atoms with Gasteiger partial charge in [-0.05, 0) is 32.1 Å². The Labute approximate surface area is 141 Å². The van der Waals surface area contributed by atoms with Crippen LogP contribution in [-0.4, -0.2) is 24.6 Å². The minimum Gasteiger partial charge on any atom is -0.466 e. The maximum absolute atomic E-state index is 11.8. The Hall–Kier alpha value is -1.06. The van der Waals surface area contributed by atoms with Gasteiger partial charge in [0.05, 0.1) is 19.4 Å². The molecule has 4 heteroatoms. The van der Waals surface area contributed by atoms with Gasteiger partial charge in [-0.25, -0.2) is 0 Å². The van der Waals surface area contributed by atoms with E-state index in [4.69, 9.17) is 9.47 Å². The summed E-state index contributed by atoms with van der Waals surface area (Å²) in [6.07, 6.45) is 12.0. The second kappa shape index (κ2) is 12.4. The van der Waals surface area contributed by atoms with Crippen molar-refractivity contribution in [2.24, 2.45) is 5.92 Å². The molecule has 4 nitrogen and oxygen atoms in total. The lowest BCUT2D eigenvalue weighted by molar-refractivity contribution is -0.154. The van der Waals surface area contributed by atoms with Crippen molar-refractivity contribution in [3.63, 3.8) is 0 Å². The van der Waals surface area contributed by atoms with Gasteiger partial charge < -0.3 is 9.47 Å². The molecule has 0 amide bonds. The van der Waals surface area contributed by atoms with Crippen molar-refractivity contribution in [1.29, 1.82) is 0 Å². The summed E-state index contributed by atoms with van der Waals surface area (Å²) in [6, 6.07) is 0. The van der Waals surface area contributed by atoms with Crippen LogP contribution in [-0.2, 0) is 19.1 Å². The molecule has 0 aromatic carbocycles. The monoisotopic (exact) mass is 326 g/mol. The van der Waals surface area contributed by atoms with Crippen LogP contribution in [0.1, 0.15) is 90.9 Å². The molecule has 0 bridgehead atoms. The van der Waals surface area contributed by atoms with E-state index in [0.29, 0.717) is 12.5 Å². The Morgan fingerprint density at radius 1 is 0.957 bits per heavy atom. The first-order valence-electron chi connectivity index (χ1n) is 9.48. The zero-order valence-corrected chi connectivity index (χ0v) is 15.0. The summed E-state index contributed by atoms with van der Waals surface area (Å²) < 4.78 is 10.6. The molecular formula is C19H34O4. The second-order valence-electron chi connectivity index (χ2n) is 6.73. The van der Waals surface area contributed by atoms with Crippen LogP contribution in [0, 0.1) is 5.92 Å². The number of hydrogen-bond donors (Lipinski definition) is 0. The molecule has 1 aliphatic carbocycles. The Kier molecular flexibility index (Phi) is 10.8. The molecule has 1 aliphatic rings. The molecule has 0 aromatic heterocycles. The van der Waals surface area contributed by atoms with E-state index in [1.54, 1.807) is 0 Å². The first-order valence-corrected chi connectivity index (χ1v) is 9.48. The van der Waals surface area contributed by atoms with Gasteiger partial charge in [0.25, 0.3) is 0 Å². The highest BCUT2D eigenvalue weighted by Gasteiger charge is 2.24. The number of esters is 2. The summed E-state index contributed by atoms with van der Waals surface area (Å²) in [7, 11) is 0. The molecular weight excluding hydrogens is 292 g/mol. The molecule has 0 aliphatic heterocycles. The fraction of sp³-hybridized carbons (Fsp3) is 0.895. The van der Waals surface area contributed by atoms with Gasteiger partial charge >= 0.3 is 11.9 Å². The van der Waals surface area contributed by atoms with Crippen molar-refractivity contribution in [3.05, 3.63) is 0 Å². The molecule has 0 N–H and O–H groups in total. The van der Waals surface area contributed by atoms with E-state index in [0.717, 1.165) is 25.7 Å². The van der Waals surface area contributed by atoms with Crippen molar-refractivity contribution >= 4 is 11.9 Å². The van der Waals surface area contributed by atoms with Crippen LogP contribution in [0.2, 0.25) is 0 Å². The van der Waals surface area contributed by atoms with E-state index in [2.05, 4.69) is 6.92 Å². The van der Waals surface area contributed by atoms with E-state index in [-0.39, 0.29) is 30.9 Å². The number of hydrogen-bond acceptors (Lipinski definition) is 4. The fourth-order valence-electron chi connectivity index (χ4n) is 3.13. The van der Waals surface area contributed by atoms with Gasteiger partial charge in [-0.3, -0.25) is 9.59 Å². The first kappa shape index (κ1) is 20.0. The van der Waals surface area contributed by atoms with Crippen molar-refractivity contribution in [3.8, 4) is 0 Å². The zero-order chi connectivity index (χ0) is 16.9. The predicted molar refractivity (Wildman–Crippen MR) is 91.1 cm³/mol. The third kappa shape index (κ3) is 9.62. The smallest absolute Gasteiger partial charge is 0.306 e. The average Bonchev–Trinajstić information content (AvgIpc) is 3.06. The highest BCUT2D eigenvalue weighted by molar-refractivity contribution is 5.77. The molecule has 1 saturated carbocycles. The van der Waals surface area contributed by atoms with E-state index >= 15 is 0 Å². The van der Waals surface area contributed by atoms with Crippen LogP contribution >= 0.6 is 0 Å². The Balaban J connectivity index is 1.98. The maximum Gasteiger partial charge on any atom is 0.306 e. The Morgan fingerprint density at radius 3 is 2.26 bits per heavy atom. The quantitative estimate of drug-likeness (QED) is 0.382. The van der Waals surface area contributed by atoms with Gasteiger partial charge in [-0.15, -0.1) is 0 Å². The Morgan fingerprint density at radius 2 is 1.57 bits per heavy atom. The molecule has 0 aromatic rings. The number of rotatable bonds is 12. The molecule has 0 saturated heterocycles. The van der Waals surface area contributed by atoms with Crippen LogP contribution < -0.4 is 0 Å². The molecule has 1 unspecified atom stereocenters. The van der Waals surface area contributed by atoms with Gasteiger partial charge in [-0.1, -0.05) is 51.9 Å². The average molecular weight is 326 g/mol. The molecule has 0 heterocycles. The van der Waals surface area contributed by atoms with E-state index in [1.807, 2.05) is 6.92 Å². The molecule has 23 heavy (non-hydrogen) atoms. The van der Waals surface area contributed by atoms with Gasteiger partial charge in [-0.2, -0.15) is 0 Å². The highest BCUT2D eigenvalue weighted by Crippen LogP contribution is 2.29. The van der Waals surface area contributed by atoms with Gasteiger partial charge in [0.1, 0.15) is 6.10 Å². The number of ether oxygens (including phenoxy) is 2. The Bertz CT molecular complexity index is 334. The van der Waals surface area contributed by atoms with Crippen molar-refractivity contribution in [1.82, 2.24) is 0 Å². The number of unbranched alkanes of at least 4 members (excludes halogenated alkanes) is 5. The minimum atomic E-state index is -0.288. The molecule has 134 valence electrons. The molecule has 0 spiro atoms. The van der Waals surface area contributed by atoms with Gasteiger partial charge in [0.15, 0.2) is 0 Å². The lowest BCUT2D eigenvalue weighted by Crippen LogP contribution is -2.22. The van der Waals surface area contributed by atoms with Gasteiger partial charge in [0, 0.05) is 0 Å². The summed E-state index contributed by atoms with van der Waals surface area (Å²) in [6.45, 7) is 4.63. The van der Waals surface area contributed by atoms with Crippen LogP contribution in [0.25, 0.3) is 0 Å². The molecule has 1 rings (SSSR count). The predicted octanol–water partition coefficient (Wildman–Crippen LogP) is 4.79. The van der Waals surface area contributed by atoms with Crippen molar-refractivity contribution in [2.75, 3.05) is 6.61 Å². The lowest BCUT2D eigenvalue weighted by atomic mass is 10.0. The van der Waals surface area contributed by atoms with Crippen LogP contribution in [0.3, 0.4) is 0 Å². The van der Waals surface area contributed by atoms with Crippen LogP contribution in [0.4, 0.5) is 0 Å². The van der Waals surface area contributed by atoms with E-state index < -0.39 is 0 Å². The third-order valence-electron chi connectivity index (χ3n) is 4.68. The SMILES string of the molecule is CCCCCCCCOC(=O)CCC(=O)OC(C)C1CCCC1. The van der Waals surface area contributed by atoms with Crippen molar-refractivity contribution < 1.29 is 19.1 Å². The van der Waals surface area contributed by atoms with Crippen LogP contribution in [0.5, 0.6) is 0 Å². The molecule has 0 radical (unpaired) electrons. The standard InChI is InChI=1S/C19H34O4/c1-3-4-5-6-7-10-15-22-18(20)13-14-19(21)23-16(2)17-11-8-9-12-17/h16-17H,3-15H2,1-2H3. The normalized spacial score (nSPS) is 16.3. The zero-order valence-electron chi connectivity index (χ0n) is 15.0. The van der Waals surface area contributed by atoms with E-state index in [9.17, 15) is 9.59 Å². The van der Waals surface area contributed by atoms with Gasteiger partial charge in [0.2, 0.25) is 0 Å². The number of carbonyl (C=O) groups excluding carboxylic acids is 2. The summed E-state index contributed by atoms with van der Waals surface area (Å²) in [5, 5.41) is 0. The summed E-state index contributed by atoms with van der Waals surface area (Å²) in [5.74, 6) is -0.0662. The topological polar surface area (TPSA) is 52.6 Å². The molecule has 1 atom stereocenters. The second-order valence-corrected chi connectivity index (χ2v) is 6.73. The number of carbonyl (C=O) groups is 2. The summed E-state index contributed by atoms with van der Waals surface area (Å²) in [4.78, 5) is 23.4. The fourth-order valence-corrected chi connectivity index (χ4v) is 3.13. The van der Waals surface area contributed by atoms with E-state index in [1.165, 1.54) is 38.5 Å². The third-order valence-corrected chi connectivity index (χ3v) is 4.68. The maximum atomic E-state index is 11.8.